The zero-order valence-electron chi connectivity index (χ0n) is 16.8. The molecule has 1 aliphatic heterocycles. The van der Waals surface area contributed by atoms with Gasteiger partial charge in [-0.2, -0.15) is 5.26 Å². The Labute approximate surface area is 180 Å². The number of piperidine rings is 1. The second-order valence-corrected chi connectivity index (χ2v) is 9.21. The summed E-state index contributed by atoms with van der Waals surface area (Å²) in [7, 11) is 0. The van der Waals surface area contributed by atoms with Crippen LogP contribution >= 0.6 is 11.3 Å². The number of anilines is 1. The molecule has 30 heavy (non-hydrogen) atoms. The van der Waals surface area contributed by atoms with Crippen LogP contribution in [0.15, 0.2) is 30.3 Å². The molecular formula is C23H25N3O3S. The van der Waals surface area contributed by atoms with Gasteiger partial charge in [-0.1, -0.05) is 30.3 Å². The zero-order chi connectivity index (χ0) is 21.1. The Hall–Kier alpha value is -2.69. The number of amides is 1. The van der Waals surface area contributed by atoms with E-state index in [2.05, 4.69) is 11.4 Å². The van der Waals surface area contributed by atoms with Gasteiger partial charge in [0.25, 0.3) is 0 Å². The highest BCUT2D eigenvalue weighted by Crippen LogP contribution is 2.38. The number of carbonyl (C=O) groups excluding carboxylic acids is 1. The number of thiophene rings is 1. The number of carbonyl (C=O) groups is 2. The van der Waals surface area contributed by atoms with Crippen LogP contribution in [0.2, 0.25) is 0 Å². The summed E-state index contributed by atoms with van der Waals surface area (Å²) < 4.78 is 0. The maximum atomic E-state index is 12.7. The fraction of sp³-hybridized carbons (Fsp3) is 0.435. The summed E-state index contributed by atoms with van der Waals surface area (Å²) in [5.74, 6) is -0.951. The number of aryl methyl sites for hydroxylation is 1. The minimum absolute atomic E-state index is 0.146. The number of carboxylic acids is 1. The number of aliphatic carboxylic acids is 1. The molecular weight excluding hydrogens is 398 g/mol. The lowest BCUT2D eigenvalue weighted by molar-refractivity contribution is -0.146. The Morgan fingerprint density at radius 1 is 1.17 bits per heavy atom. The number of carboxylic acid groups (broad SMARTS) is 1. The van der Waals surface area contributed by atoms with E-state index < -0.39 is 11.4 Å². The normalized spacial score (nSPS) is 18.2. The van der Waals surface area contributed by atoms with Gasteiger partial charge in [0.1, 0.15) is 11.1 Å². The number of nitrogens with zero attached hydrogens (tertiary/aromatic N) is 2. The lowest BCUT2D eigenvalue weighted by Gasteiger charge is -2.38. The molecule has 2 N–H and O–H groups in total. The summed E-state index contributed by atoms with van der Waals surface area (Å²) in [5, 5.41) is 23.1. The van der Waals surface area contributed by atoms with Crippen LogP contribution in [0.3, 0.4) is 0 Å². The predicted octanol–water partition coefficient (Wildman–Crippen LogP) is 3.56. The molecule has 7 heteroatoms. The van der Waals surface area contributed by atoms with Crippen LogP contribution in [0.1, 0.15) is 47.3 Å². The highest BCUT2D eigenvalue weighted by molar-refractivity contribution is 7.16. The minimum atomic E-state index is -0.894. The van der Waals surface area contributed by atoms with Crippen LogP contribution in [0.25, 0.3) is 0 Å². The van der Waals surface area contributed by atoms with Crippen molar-refractivity contribution < 1.29 is 14.7 Å². The summed E-state index contributed by atoms with van der Waals surface area (Å²) in [5.41, 5.74) is 1.66. The van der Waals surface area contributed by atoms with Crippen molar-refractivity contribution in [2.45, 2.75) is 43.9 Å². The number of hydrogen-bond donors (Lipinski definition) is 2. The smallest absolute Gasteiger partial charge is 0.314 e. The first kappa shape index (κ1) is 20.6. The standard InChI is InChI=1S/C23H25N3O3S/c24-14-18-17-8-4-5-9-19(17)30-21(18)25-20(27)15-26-12-10-23(11-13-26,22(28)29)16-6-2-1-3-7-16/h1-3,6-7H,4-5,8-13,15H2,(H,25,27)(H,28,29). The van der Waals surface area contributed by atoms with Gasteiger partial charge in [-0.25, -0.2) is 0 Å². The molecule has 2 aliphatic rings. The molecule has 4 rings (SSSR count). The molecule has 1 amide bonds. The van der Waals surface area contributed by atoms with Crippen molar-refractivity contribution >= 4 is 28.2 Å². The SMILES string of the molecule is N#Cc1c(NC(=O)CN2CCC(C(=O)O)(c3ccccc3)CC2)sc2c1CCCC2. The highest BCUT2D eigenvalue weighted by atomic mass is 32.1. The first-order chi connectivity index (χ1) is 14.5. The summed E-state index contributed by atoms with van der Waals surface area (Å²) in [6, 6.07) is 11.6. The van der Waals surface area contributed by atoms with E-state index in [9.17, 15) is 20.0 Å². The average Bonchev–Trinajstić information content (AvgIpc) is 3.11. The van der Waals surface area contributed by atoms with Crippen molar-refractivity contribution in [3.8, 4) is 6.07 Å². The van der Waals surface area contributed by atoms with Gasteiger partial charge in [0.2, 0.25) is 5.91 Å². The van der Waals surface area contributed by atoms with Crippen LogP contribution in [0.5, 0.6) is 0 Å². The molecule has 1 fully saturated rings. The Balaban J connectivity index is 1.40. The summed E-state index contributed by atoms with van der Waals surface area (Å²) in [6.07, 6.45) is 5.05. The lowest BCUT2D eigenvalue weighted by atomic mass is 9.73. The summed E-state index contributed by atoms with van der Waals surface area (Å²) >= 11 is 1.53. The van der Waals surface area contributed by atoms with E-state index in [4.69, 9.17) is 0 Å². The third kappa shape index (κ3) is 3.85. The van der Waals surface area contributed by atoms with Gasteiger partial charge in [-0.3, -0.25) is 14.5 Å². The monoisotopic (exact) mass is 423 g/mol. The third-order valence-corrected chi connectivity index (χ3v) is 7.56. The van der Waals surface area contributed by atoms with Crippen molar-refractivity contribution in [3.05, 3.63) is 51.9 Å². The Morgan fingerprint density at radius 2 is 1.87 bits per heavy atom. The molecule has 0 spiro atoms. The molecule has 1 aliphatic carbocycles. The molecule has 6 nitrogen and oxygen atoms in total. The van der Waals surface area contributed by atoms with Crippen molar-refractivity contribution in [3.63, 3.8) is 0 Å². The van der Waals surface area contributed by atoms with Gasteiger partial charge in [0.05, 0.1) is 17.5 Å². The predicted molar refractivity (Wildman–Crippen MR) is 116 cm³/mol. The first-order valence-electron chi connectivity index (χ1n) is 10.4. The number of likely N-dealkylation sites (tertiary alicyclic amines) is 1. The van der Waals surface area contributed by atoms with E-state index in [0.29, 0.717) is 36.5 Å². The maximum Gasteiger partial charge on any atom is 0.314 e. The van der Waals surface area contributed by atoms with E-state index in [1.807, 2.05) is 35.2 Å². The summed E-state index contributed by atoms with van der Waals surface area (Å²) in [4.78, 5) is 28.0. The topological polar surface area (TPSA) is 93.4 Å². The van der Waals surface area contributed by atoms with E-state index in [1.54, 1.807) is 0 Å². The Morgan fingerprint density at radius 3 is 2.53 bits per heavy atom. The first-order valence-corrected chi connectivity index (χ1v) is 11.2. The Kier molecular flexibility index (Phi) is 5.89. The van der Waals surface area contributed by atoms with E-state index >= 15 is 0 Å². The molecule has 1 aromatic heterocycles. The second-order valence-electron chi connectivity index (χ2n) is 8.10. The Bertz CT molecular complexity index is 985. The van der Waals surface area contributed by atoms with Crippen molar-refractivity contribution in [1.82, 2.24) is 4.90 Å². The van der Waals surface area contributed by atoms with Gasteiger partial charge in [0.15, 0.2) is 0 Å². The van der Waals surface area contributed by atoms with Crippen LogP contribution in [0.4, 0.5) is 5.00 Å². The molecule has 0 bridgehead atoms. The summed E-state index contributed by atoms with van der Waals surface area (Å²) in [6.45, 7) is 1.29. The van der Waals surface area contributed by atoms with Crippen LogP contribution < -0.4 is 5.32 Å². The molecule has 0 atom stereocenters. The van der Waals surface area contributed by atoms with Gasteiger partial charge < -0.3 is 10.4 Å². The number of fused-ring (bicyclic) bond motifs is 1. The van der Waals surface area contributed by atoms with Crippen molar-refractivity contribution in [2.75, 3.05) is 25.0 Å². The second kappa shape index (κ2) is 8.58. The molecule has 1 saturated heterocycles. The van der Waals surface area contributed by atoms with Gasteiger partial charge in [-0.15, -0.1) is 11.3 Å². The van der Waals surface area contributed by atoms with Crippen LogP contribution in [-0.4, -0.2) is 41.5 Å². The molecule has 1 aromatic carbocycles. The van der Waals surface area contributed by atoms with Gasteiger partial charge in [0, 0.05) is 18.0 Å². The van der Waals surface area contributed by atoms with E-state index in [0.717, 1.165) is 36.8 Å². The van der Waals surface area contributed by atoms with Gasteiger partial charge in [-0.05, 0) is 49.7 Å². The van der Waals surface area contributed by atoms with Crippen LogP contribution in [-0.2, 0) is 27.8 Å². The maximum absolute atomic E-state index is 12.7. The number of nitriles is 1. The van der Waals surface area contributed by atoms with E-state index in [1.165, 1.54) is 16.2 Å². The minimum Gasteiger partial charge on any atom is -0.481 e. The highest BCUT2D eigenvalue weighted by Gasteiger charge is 2.43. The molecule has 156 valence electrons. The molecule has 0 radical (unpaired) electrons. The number of hydrogen-bond acceptors (Lipinski definition) is 5. The molecule has 2 heterocycles. The van der Waals surface area contributed by atoms with Crippen molar-refractivity contribution in [2.24, 2.45) is 0 Å². The average molecular weight is 424 g/mol. The molecule has 0 saturated carbocycles. The van der Waals surface area contributed by atoms with Crippen molar-refractivity contribution in [1.29, 1.82) is 5.26 Å². The molecule has 2 aromatic rings. The third-order valence-electron chi connectivity index (χ3n) is 6.35. The lowest BCUT2D eigenvalue weighted by Crippen LogP contribution is -2.49. The fourth-order valence-electron chi connectivity index (χ4n) is 4.62. The molecule has 0 unspecified atom stereocenters. The van der Waals surface area contributed by atoms with Gasteiger partial charge >= 0.3 is 5.97 Å². The zero-order valence-corrected chi connectivity index (χ0v) is 17.6. The van der Waals surface area contributed by atoms with E-state index in [-0.39, 0.29) is 12.5 Å². The quantitative estimate of drug-likeness (QED) is 0.767. The number of nitrogens with one attached hydrogen (secondary N) is 1. The largest absolute Gasteiger partial charge is 0.481 e. The fourth-order valence-corrected chi connectivity index (χ4v) is 5.87. The number of rotatable bonds is 5. The van der Waals surface area contributed by atoms with Crippen LogP contribution in [0, 0.1) is 11.3 Å². The number of benzene rings is 1.